The molecule has 1 fully saturated rings. The van der Waals surface area contributed by atoms with Crippen molar-refractivity contribution in [2.45, 2.75) is 33.2 Å². The summed E-state index contributed by atoms with van der Waals surface area (Å²) in [6.07, 6.45) is 2.80. The van der Waals surface area contributed by atoms with E-state index in [1.165, 1.54) is 12.7 Å². The Morgan fingerprint density at radius 2 is 2.06 bits per heavy atom. The number of nitrogens with zero attached hydrogens (tertiary/aromatic N) is 3. The van der Waals surface area contributed by atoms with E-state index in [4.69, 9.17) is 11.6 Å². The molecule has 0 aliphatic carbocycles. The van der Waals surface area contributed by atoms with Crippen molar-refractivity contribution in [3.05, 3.63) is 16.0 Å². The molecule has 3 atom stereocenters. The molecule has 1 aliphatic rings. The fraction of sp³-hybridized carbons (Fsp3) is 0.667. The second-order valence-corrected chi connectivity index (χ2v) is 6.16. The fourth-order valence-electron chi connectivity index (χ4n) is 2.53. The molecular formula is C12H17BrClN3. The zero-order valence-electron chi connectivity index (χ0n) is 10.3. The van der Waals surface area contributed by atoms with Gasteiger partial charge in [0.05, 0.1) is 4.47 Å². The monoisotopic (exact) mass is 317 g/mol. The van der Waals surface area contributed by atoms with Crippen LogP contribution in [0.15, 0.2) is 10.8 Å². The van der Waals surface area contributed by atoms with Gasteiger partial charge in [-0.15, -0.1) is 0 Å². The van der Waals surface area contributed by atoms with Crippen LogP contribution in [0, 0.1) is 11.8 Å². The highest BCUT2D eigenvalue weighted by atomic mass is 79.9. The van der Waals surface area contributed by atoms with Gasteiger partial charge in [-0.05, 0) is 41.1 Å². The van der Waals surface area contributed by atoms with Crippen molar-refractivity contribution < 1.29 is 0 Å². The van der Waals surface area contributed by atoms with E-state index in [2.05, 4.69) is 51.6 Å². The Morgan fingerprint density at radius 1 is 1.35 bits per heavy atom. The Kier molecular flexibility index (Phi) is 3.93. The van der Waals surface area contributed by atoms with Crippen LogP contribution in [0.3, 0.4) is 0 Å². The van der Waals surface area contributed by atoms with Crippen molar-refractivity contribution in [1.29, 1.82) is 0 Å². The maximum atomic E-state index is 6.03. The first-order valence-electron chi connectivity index (χ1n) is 5.93. The Bertz CT molecular complexity index is 413. The van der Waals surface area contributed by atoms with E-state index in [1.54, 1.807) is 0 Å². The van der Waals surface area contributed by atoms with Crippen molar-refractivity contribution in [2.75, 3.05) is 11.4 Å². The molecule has 3 nitrogen and oxygen atoms in total. The molecule has 17 heavy (non-hydrogen) atoms. The average Bonchev–Trinajstić information content (AvgIpc) is 2.27. The highest BCUT2D eigenvalue weighted by Gasteiger charge is 2.31. The van der Waals surface area contributed by atoms with Gasteiger partial charge in [0.25, 0.3) is 0 Å². The standard InChI is InChI=1S/C12H17BrClN3/c1-7-4-8(2)9(3)17(5-7)12-10(13)11(14)15-6-16-12/h6-9H,4-5H2,1-3H3. The molecule has 0 radical (unpaired) electrons. The maximum absolute atomic E-state index is 6.03. The van der Waals surface area contributed by atoms with E-state index >= 15 is 0 Å². The number of hydrogen-bond donors (Lipinski definition) is 0. The van der Waals surface area contributed by atoms with Crippen molar-refractivity contribution in [3.8, 4) is 0 Å². The highest BCUT2D eigenvalue weighted by molar-refractivity contribution is 9.10. The quantitative estimate of drug-likeness (QED) is 0.738. The predicted molar refractivity (Wildman–Crippen MR) is 74.5 cm³/mol. The molecular weight excluding hydrogens is 302 g/mol. The Hall–Kier alpha value is -0.350. The molecule has 1 aliphatic heterocycles. The summed E-state index contributed by atoms with van der Waals surface area (Å²) in [5.41, 5.74) is 0. The molecule has 0 amide bonds. The first-order chi connectivity index (χ1) is 8.00. The van der Waals surface area contributed by atoms with Gasteiger partial charge in [-0.25, -0.2) is 9.97 Å². The van der Waals surface area contributed by atoms with Gasteiger partial charge in [0.15, 0.2) is 0 Å². The minimum absolute atomic E-state index is 0.480. The summed E-state index contributed by atoms with van der Waals surface area (Å²) in [7, 11) is 0. The third kappa shape index (κ3) is 2.58. The summed E-state index contributed by atoms with van der Waals surface area (Å²) in [5.74, 6) is 2.26. The number of rotatable bonds is 1. The molecule has 1 aromatic heterocycles. The minimum atomic E-state index is 0.480. The molecule has 5 heteroatoms. The van der Waals surface area contributed by atoms with E-state index < -0.39 is 0 Å². The van der Waals surface area contributed by atoms with Crippen LogP contribution in [0.2, 0.25) is 5.15 Å². The molecule has 0 aromatic carbocycles. The zero-order valence-corrected chi connectivity index (χ0v) is 12.7. The normalized spacial score (nSPS) is 29.5. The van der Waals surface area contributed by atoms with Gasteiger partial charge >= 0.3 is 0 Å². The Labute approximate surface area is 116 Å². The molecule has 0 spiro atoms. The van der Waals surface area contributed by atoms with Crippen molar-refractivity contribution >= 4 is 33.3 Å². The molecule has 2 rings (SSSR count). The van der Waals surface area contributed by atoms with Gasteiger partial charge in [0.2, 0.25) is 0 Å². The van der Waals surface area contributed by atoms with E-state index in [0.717, 1.165) is 16.8 Å². The van der Waals surface area contributed by atoms with Gasteiger partial charge in [-0.2, -0.15) is 0 Å². The summed E-state index contributed by atoms with van der Waals surface area (Å²) in [6, 6.07) is 0.480. The van der Waals surface area contributed by atoms with Crippen LogP contribution in [0.1, 0.15) is 27.2 Å². The molecule has 0 bridgehead atoms. The van der Waals surface area contributed by atoms with Crippen LogP contribution in [0.25, 0.3) is 0 Å². The number of hydrogen-bond acceptors (Lipinski definition) is 3. The average molecular weight is 319 g/mol. The fourth-order valence-corrected chi connectivity index (χ4v) is 3.10. The first kappa shape index (κ1) is 13.1. The number of halogens is 2. The third-order valence-corrected chi connectivity index (χ3v) is 4.84. The van der Waals surface area contributed by atoms with Crippen molar-refractivity contribution in [1.82, 2.24) is 9.97 Å². The Morgan fingerprint density at radius 3 is 2.76 bits per heavy atom. The van der Waals surface area contributed by atoms with Crippen LogP contribution < -0.4 is 4.90 Å². The third-order valence-electron chi connectivity index (χ3n) is 3.60. The van der Waals surface area contributed by atoms with E-state index in [1.807, 2.05) is 0 Å². The lowest BCUT2D eigenvalue weighted by molar-refractivity contribution is 0.295. The predicted octanol–water partition coefficient (Wildman–Crippen LogP) is 3.76. The van der Waals surface area contributed by atoms with Gasteiger partial charge in [0, 0.05) is 12.6 Å². The molecule has 0 N–H and O–H groups in total. The molecule has 0 saturated carbocycles. The highest BCUT2D eigenvalue weighted by Crippen LogP contribution is 2.35. The van der Waals surface area contributed by atoms with Gasteiger partial charge in [-0.1, -0.05) is 25.4 Å². The van der Waals surface area contributed by atoms with Crippen molar-refractivity contribution in [2.24, 2.45) is 11.8 Å². The molecule has 94 valence electrons. The van der Waals surface area contributed by atoms with E-state index in [9.17, 15) is 0 Å². The smallest absolute Gasteiger partial charge is 0.148 e. The number of anilines is 1. The lowest BCUT2D eigenvalue weighted by Gasteiger charge is -2.42. The topological polar surface area (TPSA) is 29.0 Å². The number of piperidine rings is 1. The minimum Gasteiger partial charge on any atom is -0.352 e. The van der Waals surface area contributed by atoms with Crippen LogP contribution in [0.4, 0.5) is 5.82 Å². The van der Waals surface area contributed by atoms with Gasteiger partial charge in [0.1, 0.15) is 17.3 Å². The first-order valence-corrected chi connectivity index (χ1v) is 7.10. The second-order valence-electron chi connectivity index (χ2n) is 5.01. The zero-order chi connectivity index (χ0) is 12.6. The summed E-state index contributed by atoms with van der Waals surface area (Å²) in [6.45, 7) is 7.85. The molecule has 2 heterocycles. The van der Waals surface area contributed by atoms with Crippen LogP contribution in [0.5, 0.6) is 0 Å². The summed E-state index contributed by atoms with van der Waals surface area (Å²) in [5, 5.41) is 0.480. The molecule has 1 saturated heterocycles. The van der Waals surface area contributed by atoms with Crippen molar-refractivity contribution in [3.63, 3.8) is 0 Å². The summed E-state index contributed by atoms with van der Waals surface area (Å²) < 4.78 is 0.801. The van der Waals surface area contributed by atoms with E-state index in [-0.39, 0.29) is 0 Å². The summed E-state index contributed by atoms with van der Waals surface area (Å²) >= 11 is 9.51. The molecule has 1 aromatic rings. The summed E-state index contributed by atoms with van der Waals surface area (Å²) in [4.78, 5) is 10.7. The van der Waals surface area contributed by atoms with Crippen LogP contribution in [-0.2, 0) is 0 Å². The molecule has 3 unspecified atom stereocenters. The largest absolute Gasteiger partial charge is 0.352 e. The Balaban J connectivity index is 2.34. The van der Waals surface area contributed by atoms with Gasteiger partial charge < -0.3 is 4.90 Å². The van der Waals surface area contributed by atoms with Crippen LogP contribution >= 0.6 is 27.5 Å². The SMILES string of the molecule is CC1CC(C)C(C)N(c2ncnc(Cl)c2Br)C1. The maximum Gasteiger partial charge on any atom is 0.148 e. The second kappa shape index (κ2) is 5.11. The van der Waals surface area contributed by atoms with Gasteiger partial charge in [-0.3, -0.25) is 0 Å². The van der Waals surface area contributed by atoms with Crippen LogP contribution in [-0.4, -0.2) is 22.6 Å². The lowest BCUT2D eigenvalue weighted by Crippen LogP contribution is -2.46. The number of aromatic nitrogens is 2. The van der Waals surface area contributed by atoms with E-state index in [0.29, 0.717) is 23.0 Å². The lowest BCUT2D eigenvalue weighted by atomic mass is 9.86.